The number of nitrogens with one attached hydrogen (secondary N) is 1. The standard InChI is InChI=1S/C16H22N4O2/c1-3-9-20-15-12(10(2)18-20)13(11-7-5-4-6-8-11)14(19-22)16(21)17-15/h7,13-14H,3-6,8-9H2,1-2H3,(H,17,21)/t13-,14-/m0/s1. The lowest BCUT2D eigenvalue weighted by Gasteiger charge is -2.31. The Labute approximate surface area is 129 Å². The van der Waals surface area contributed by atoms with E-state index in [0.29, 0.717) is 0 Å². The topological polar surface area (TPSA) is 76.3 Å². The Hall–Kier alpha value is -1.98. The number of hydrogen-bond donors (Lipinski definition) is 1. The van der Waals surface area contributed by atoms with E-state index in [0.717, 1.165) is 49.3 Å². The highest BCUT2D eigenvalue weighted by atomic mass is 16.3. The van der Waals surface area contributed by atoms with Crippen LogP contribution >= 0.6 is 0 Å². The molecule has 6 nitrogen and oxygen atoms in total. The molecule has 1 aliphatic carbocycles. The Morgan fingerprint density at radius 1 is 1.45 bits per heavy atom. The van der Waals surface area contributed by atoms with E-state index in [9.17, 15) is 9.70 Å². The normalized spacial score (nSPS) is 24.5. The number of aryl methyl sites for hydroxylation is 2. The summed E-state index contributed by atoms with van der Waals surface area (Å²) in [7, 11) is 0. The largest absolute Gasteiger partial charge is 0.309 e. The molecule has 22 heavy (non-hydrogen) atoms. The molecule has 118 valence electrons. The van der Waals surface area contributed by atoms with Crippen LogP contribution in [-0.2, 0) is 11.3 Å². The molecule has 6 heteroatoms. The van der Waals surface area contributed by atoms with Gasteiger partial charge in [0.2, 0.25) is 0 Å². The Kier molecular flexibility index (Phi) is 4.09. The third kappa shape index (κ3) is 2.36. The first-order valence-corrected chi connectivity index (χ1v) is 8.07. The molecular weight excluding hydrogens is 280 g/mol. The van der Waals surface area contributed by atoms with Crippen molar-refractivity contribution in [2.75, 3.05) is 5.32 Å². The SMILES string of the molecule is CCCn1nc(C)c2c1NC(=O)[C@@H](N=O)[C@H]2C1=CCCCC1. The molecule has 0 radical (unpaired) electrons. The van der Waals surface area contributed by atoms with E-state index < -0.39 is 6.04 Å². The van der Waals surface area contributed by atoms with Gasteiger partial charge in [0.1, 0.15) is 5.82 Å². The van der Waals surface area contributed by atoms with E-state index in [1.54, 1.807) is 0 Å². The molecule has 0 unspecified atom stereocenters. The number of nitrogens with zero attached hydrogens (tertiary/aromatic N) is 3. The molecule has 1 amide bonds. The fourth-order valence-electron chi connectivity index (χ4n) is 3.62. The molecule has 1 N–H and O–H groups in total. The van der Waals surface area contributed by atoms with Gasteiger partial charge in [-0.25, -0.2) is 4.68 Å². The summed E-state index contributed by atoms with van der Waals surface area (Å²) in [5, 5.41) is 10.5. The van der Waals surface area contributed by atoms with Crippen molar-refractivity contribution in [2.24, 2.45) is 5.18 Å². The van der Waals surface area contributed by atoms with E-state index in [2.05, 4.69) is 28.6 Å². The number of carbonyl (C=O) groups excluding carboxylic acids is 1. The molecule has 2 atom stereocenters. The average molecular weight is 302 g/mol. The maximum Gasteiger partial charge on any atom is 0.254 e. The van der Waals surface area contributed by atoms with Crippen molar-refractivity contribution in [2.45, 2.75) is 64.5 Å². The van der Waals surface area contributed by atoms with Crippen LogP contribution in [0.5, 0.6) is 0 Å². The molecule has 1 aliphatic heterocycles. The number of fused-ring (bicyclic) bond motifs is 1. The van der Waals surface area contributed by atoms with Gasteiger partial charge >= 0.3 is 0 Å². The second kappa shape index (κ2) is 6.02. The number of carbonyl (C=O) groups is 1. The smallest absolute Gasteiger partial charge is 0.254 e. The van der Waals surface area contributed by atoms with Crippen LogP contribution in [0.25, 0.3) is 0 Å². The Balaban J connectivity index is 2.12. The van der Waals surface area contributed by atoms with Crippen LogP contribution in [0.4, 0.5) is 5.82 Å². The van der Waals surface area contributed by atoms with Gasteiger partial charge in [-0.1, -0.05) is 23.7 Å². The Morgan fingerprint density at radius 3 is 2.91 bits per heavy atom. The van der Waals surface area contributed by atoms with Crippen LogP contribution in [-0.4, -0.2) is 21.7 Å². The highest BCUT2D eigenvalue weighted by Gasteiger charge is 2.42. The molecule has 1 aromatic heterocycles. The lowest BCUT2D eigenvalue weighted by Crippen LogP contribution is -2.38. The number of hydrogen-bond acceptors (Lipinski definition) is 4. The second-order valence-corrected chi connectivity index (χ2v) is 6.11. The van der Waals surface area contributed by atoms with Gasteiger partial charge < -0.3 is 5.32 Å². The zero-order chi connectivity index (χ0) is 15.7. The highest BCUT2D eigenvalue weighted by Crippen LogP contribution is 2.43. The van der Waals surface area contributed by atoms with Gasteiger partial charge in [-0.15, -0.1) is 4.91 Å². The summed E-state index contributed by atoms with van der Waals surface area (Å²) < 4.78 is 1.85. The molecular formula is C16H22N4O2. The predicted molar refractivity (Wildman–Crippen MR) is 84.8 cm³/mol. The molecule has 1 aromatic rings. The summed E-state index contributed by atoms with van der Waals surface area (Å²) in [6, 6.07) is -0.880. The van der Waals surface area contributed by atoms with Crippen LogP contribution in [0.1, 0.15) is 56.2 Å². The molecule has 0 spiro atoms. The quantitative estimate of drug-likeness (QED) is 0.685. The molecule has 2 aliphatic rings. The predicted octanol–water partition coefficient (Wildman–Crippen LogP) is 3.27. The van der Waals surface area contributed by atoms with Crippen molar-refractivity contribution in [1.29, 1.82) is 0 Å². The van der Waals surface area contributed by atoms with E-state index in [1.807, 2.05) is 11.6 Å². The fraction of sp³-hybridized carbons (Fsp3) is 0.625. The van der Waals surface area contributed by atoms with Gasteiger partial charge in [-0.2, -0.15) is 5.10 Å². The van der Waals surface area contributed by atoms with Crippen molar-refractivity contribution in [3.05, 3.63) is 27.8 Å². The number of nitroso groups, excluding NO2 is 1. The van der Waals surface area contributed by atoms with E-state index in [4.69, 9.17) is 0 Å². The van der Waals surface area contributed by atoms with Crippen molar-refractivity contribution in [3.8, 4) is 0 Å². The second-order valence-electron chi connectivity index (χ2n) is 6.11. The number of allylic oxidation sites excluding steroid dienone is 1. The molecule has 0 bridgehead atoms. The fourth-order valence-corrected chi connectivity index (χ4v) is 3.62. The molecule has 2 heterocycles. The van der Waals surface area contributed by atoms with Crippen molar-refractivity contribution >= 4 is 11.7 Å². The molecule has 3 rings (SSSR count). The average Bonchev–Trinajstić information content (AvgIpc) is 2.83. The van der Waals surface area contributed by atoms with E-state index >= 15 is 0 Å². The summed E-state index contributed by atoms with van der Waals surface area (Å²) in [4.78, 5) is 23.6. The Bertz CT molecular complexity index is 632. The minimum atomic E-state index is -0.880. The lowest BCUT2D eigenvalue weighted by atomic mass is 9.78. The van der Waals surface area contributed by atoms with Crippen LogP contribution in [0, 0.1) is 11.8 Å². The van der Waals surface area contributed by atoms with Gasteiger partial charge in [0, 0.05) is 18.0 Å². The van der Waals surface area contributed by atoms with Gasteiger partial charge in [0.25, 0.3) is 5.91 Å². The van der Waals surface area contributed by atoms with Crippen LogP contribution in [0.15, 0.2) is 16.8 Å². The van der Waals surface area contributed by atoms with Crippen molar-refractivity contribution < 1.29 is 4.79 Å². The number of aromatic nitrogens is 2. The minimum Gasteiger partial charge on any atom is -0.309 e. The molecule has 0 saturated heterocycles. The zero-order valence-corrected chi connectivity index (χ0v) is 13.1. The Morgan fingerprint density at radius 2 is 2.27 bits per heavy atom. The van der Waals surface area contributed by atoms with Crippen LogP contribution in [0.2, 0.25) is 0 Å². The van der Waals surface area contributed by atoms with Crippen LogP contribution in [0.3, 0.4) is 0 Å². The highest BCUT2D eigenvalue weighted by molar-refractivity contribution is 5.99. The monoisotopic (exact) mass is 302 g/mol. The maximum absolute atomic E-state index is 12.3. The van der Waals surface area contributed by atoms with E-state index in [-0.39, 0.29) is 11.8 Å². The third-order valence-corrected chi connectivity index (χ3v) is 4.59. The first-order valence-electron chi connectivity index (χ1n) is 8.07. The first kappa shape index (κ1) is 14.9. The zero-order valence-electron chi connectivity index (χ0n) is 13.1. The number of anilines is 1. The lowest BCUT2D eigenvalue weighted by molar-refractivity contribution is -0.118. The van der Waals surface area contributed by atoms with Gasteiger partial charge in [0.05, 0.1) is 5.69 Å². The summed E-state index contributed by atoms with van der Waals surface area (Å²) in [6.45, 7) is 4.77. The summed E-state index contributed by atoms with van der Waals surface area (Å²) in [6.07, 6.45) is 7.34. The first-order chi connectivity index (χ1) is 10.7. The summed E-state index contributed by atoms with van der Waals surface area (Å²) >= 11 is 0. The van der Waals surface area contributed by atoms with Crippen molar-refractivity contribution in [3.63, 3.8) is 0 Å². The summed E-state index contributed by atoms with van der Waals surface area (Å²) in [5.74, 6) is 0.198. The molecule has 0 aromatic carbocycles. The van der Waals surface area contributed by atoms with Gasteiger partial charge in [0.15, 0.2) is 6.04 Å². The summed E-state index contributed by atoms with van der Waals surface area (Å²) in [5.41, 5.74) is 3.03. The van der Waals surface area contributed by atoms with Gasteiger partial charge in [-0.05, 0) is 39.0 Å². The van der Waals surface area contributed by atoms with Crippen molar-refractivity contribution in [1.82, 2.24) is 9.78 Å². The third-order valence-electron chi connectivity index (χ3n) is 4.59. The minimum absolute atomic E-state index is 0.243. The molecule has 0 fully saturated rings. The number of amides is 1. The van der Waals surface area contributed by atoms with Crippen LogP contribution < -0.4 is 5.32 Å². The number of rotatable bonds is 4. The van der Waals surface area contributed by atoms with E-state index in [1.165, 1.54) is 12.0 Å². The van der Waals surface area contributed by atoms with Gasteiger partial charge in [-0.3, -0.25) is 4.79 Å². The maximum atomic E-state index is 12.3. The molecule has 0 saturated carbocycles.